The first-order valence-electron chi connectivity index (χ1n) is 7.58. The number of hydrogen-bond acceptors (Lipinski definition) is 3. The van der Waals surface area contributed by atoms with Gasteiger partial charge in [-0.15, -0.1) is 0 Å². The van der Waals surface area contributed by atoms with E-state index >= 15 is 0 Å². The molecule has 26 heavy (non-hydrogen) atoms. The molecule has 130 valence electrons. The highest BCUT2D eigenvalue weighted by molar-refractivity contribution is 14.1. The fraction of sp³-hybridized carbons (Fsp3) is 0. The Bertz CT molecular complexity index is 927. The van der Waals surface area contributed by atoms with Gasteiger partial charge < -0.3 is 5.11 Å². The van der Waals surface area contributed by atoms with Crippen molar-refractivity contribution in [1.29, 1.82) is 0 Å². The Kier molecular flexibility index (Phi) is 5.17. The fourth-order valence-corrected chi connectivity index (χ4v) is 2.93. The van der Waals surface area contributed by atoms with E-state index in [1.54, 1.807) is 24.3 Å². The summed E-state index contributed by atoms with van der Waals surface area (Å²) in [7, 11) is 0. The van der Waals surface area contributed by atoms with Gasteiger partial charge in [0.1, 0.15) is 5.57 Å². The van der Waals surface area contributed by atoms with E-state index in [9.17, 15) is 14.4 Å². The van der Waals surface area contributed by atoms with Gasteiger partial charge in [-0.1, -0.05) is 36.4 Å². The maximum absolute atomic E-state index is 12.2. The van der Waals surface area contributed by atoms with E-state index < -0.39 is 17.8 Å². The van der Waals surface area contributed by atoms with Crippen molar-refractivity contribution in [1.82, 2.24) is 10.9 Å². The number of aliphatic carboxylic acids is 1. The first kappa shape index (κ1) is 17.9. The lowest BCUT2D eigenvalue weighted by molar-refractivity contribution is -0.131. The molecule has 0 unspecified atom stereocenters. The minimum atomic E-state index is -1.03. The van der Waals surface area contributed by atoms with E-state index in [0.29, 0.717) is 16.7 Å². The van der Waals surface area contributed by atoms with Crippen LogP contribution in [0.4, 0.5) is 0 Å². The van der Waals surface area contributed by atoms with E-state index in [1.807, 2.05) is 24.3 Å². The van der Waals surface area contributed by atoms with Crippen LogP contribution in [0.1, 0.15) is 16.7 Å². The zero-order valence-corrected chi connectivity index (χ0v) is 15.5. The lowest BCUT2D eigenvalue weighted by Crippen LogP contribution is -2.28. The zero-order chi connectivity index (χ0) is 18.7. The van der Waals surface area contributed by atoms with Gasteiger partial charge in [0.2, 0.25) is 0 Å². The van der Waals surface area contributed by atoms with Gasteiger partial charge in [-0.2, -0.15) is 0 Å². The van der Waals surface area contributed by atoms with Crippen molar-refractivity contribution in [2.24, 2.45) is 0 Å². The van der Waals surface area contributed by atoms with E-state index in [1.165, 1.54) is 6.08 Å². The molecule has 1 heterocycles. The number of halogens is 1. The van der Waals surface area contributed by atoms with Crippen LogP contribution in [-0.2, 0) is 14.4 Å². The number of amides is 2. The third kappa shape index (κ3) is 3.83. The van der Waals surface area contributed by atoms with Crippen LogP contribution < -0.4 is 10.9 Å². The Hall–Kier alpha value is -2.94. The van der Waals surface area contributed by atoms with E-state index in [-0.39, 0.29) is 5.57 Å². The molecule has 0 spiro atoms. The molecule has 0 radical (unpaired) electrons. The third-order valence-corrected chi connectivity index (χ3v) is 4.46. The van der Waals surface area contributed by atoms with Crippen molar-refractivity contribution in [3.8, 4) is 0 Å². The SMILES string of the molecule is O=C(O)/C=C/c1ccc(C(=C2C(=O)NNC2=O)c2ccc(I)cc2)cc1. The number of carbonyl (C=O) groups excluding carboxylic acids is 2. The Morgan fingerprint density at radius 3 is 1.88 bits per heavy atom. The maximum atomic E-state index is 12.2. The molecule has 0 atom stereocenters. The van der Waals surface area contributed by atoms with Crippen LogP contribution in [-0.4, -0.2) is 22.9 Å². The van der Waals surface area contributed by atoms with Gasteiger partial charge in [0.05, 0.1) is 0 Å². The second-order valence-corrected chi connectivity index (χ2v) is 6.70. The van der Waals surface area contributed by atoms with Gasteiger partial charge >= 0.3 is 5.97 Å². The molecule has 0 saturated carbocycles. The molecule has 1 fully saturated rings. The van der Waals surface area contributed by atoms with Gasteiger partial charge in [0.25, 0.3) is 11.8 Å². The van der Waals surface area contributed by atoms with Crippen molar-refractivity contribution in [3.05, 3.63) is 80.4 Å². The van der Waals surface area contributed by atoms with Crippen LogP contribution in [0.25, 0.3) is 11.6 Å². The molecule has 0 aromatic heterocycles. The number of carbonyl (C=O) groups is 3. The van der Waals surface area contributed by atoms with Crippen LogP contribution in [0.5, 0.6) is 0 Å². The van der Waals surface area contributed by atoms with Crippen LogP contribution in [0.3, 0.4) is 0 Å². The predicted octanol–water partition coefficient (Wildman–Crippen LogP) is 2.35. The molecule has 2 amide bonds. The molecule has 0 bridgehead atoms. The predicted molar refractivity (Wildman–Crippen MR) is 105 cm³/mol. The Morgan fingerprint density at radius 2 is 1.38 bits per heavy atom. The molecular weight excluding hydrogens is 447 g/mol. The first-order chi connectivity index (χ1) is 12.5. The van der Waals surface area contributed by atoms with Crippen LogP contribution in [0.15, 0.2) is 60.2 Å². The summed E-state index contributed by atoms with van der Waals surface area (Å²) in [6, 6.07) is 14.4. The number of benzene rings is 2. The van der Waals surface area contributed by atoms with Gasteiger partial charge in [-0.3, -0.25) is 20.4 Å². The van der Waals surface area contributed by atoms with Crippen molar-refractivity contribution in [2.45, 2.75) is 0 Å². The van der Waals surface area contributed by atoms with E-state index in [0.717, 1.165) is 15.2 Å². The highest BCUT2D eigenvalue weighted by Gasteiger charge is 2.30. The van der Waals surface area contributed by atoms with Crippen LogP contribution in [0.2, 0.25) is 0 Å². The standard InChI is InChI=1S/C19H13IN2O4/c20-14-8-6-13(7-9-14)16(17-18(25)21-22-19(17)26)12-4-1-11(2-5-12)3-10-15(23)24/h1-10H,(H,21,25)(H,22,26)(H,23,24)/b10-3+. The molecule has 2 aromatic carbocycles. The molecule has 2 aromatic rings. The summed E-state index contributed by atoms with van der Waals surface area (Å²) in [4.78, 5) is 34.9. The summed E-state index contributed by atoms with van der Waals surface area (Å²) >= 11 is 2.18. The number of carboxylic acid groups (broad SMARTS) is 1. The lowest BCUT2D eigenvalue weighted by Gasteiger charge is -2.11. The molecular formula is C19H13IN2O4. The third-order valence-electron chi connectivity index (χ3n) is 3.74. The Balaban J connectivity index is 2.11. The summed E-state index contributed by atoms with van der Waals surface area (Å²) < 4.78 is 1.03. The van der Waals surface area contributed by atoms with E-state index in [4.69, 9.17) is 5.11 Å². The van der Waals surface area contributed by atoms with Crippen molar-refractivity contribution >= 4 is 52.0 Å². The highest BCUT2D eigenvalue weighted by Crippen LogP contribution is 2.29. The molecule has 3 N–H and O–H groups in total. The molecule has 1 aliphatic heterocycles. The maximum Gasteiger partial charge on any atom is 0.328 e. The smallest absolute Gasteiger partial charge is 0.328 e. The number of hydrogen-bond donors (Lipinski definition) is 3. The molecule has 1 aliphatic rings. The quantitative estimate of drug-likeness (QED) is 0.371. The monoisotopic (exact) mass is 460 g/mol. The van der Waals surface area contributed by atoms with Crippen LogP contribution >= 0.6 is 22.6 Å². The minimum absolute atomic E-state index is 0.0417. The summed E-state index contributed by atoms with van der Waals surface area (Å²) in [5.74, 6) is -2.01. The zero-order valence-electron chi connectivity index (χ0n) is 13.3. The van der Waals surface area contributed by atoms with Gasteiger partial charge in [-0.25, -0.2) is 4.79 Å². The van der Waals surface area contributed by atoms with Gasteiger partial charge in [0, 0.05) is 15.2 Å². The molecule has 6 nitrogen and oxygen atoms in total. The van der Waals surface area contributed by atoms with Gasteiger partial charge in [-0.05, 0) is 57.5 Å². The average molecular weight is 460 g/mol. The molecule has 3 rings (SSSR count). The fourth-order valence-electron chi connectivity index (χ4n) is 2.57. The van der Waals surface area contributed by atoms with Crippen molar-refractivity contribution in [3.63, 3.8) is 0 Å². The van der Waals surface area contributed by atoms with Crippen LogP contribution in [0, 0.1) is 3.57 Å². The molecule has 1 saturated heterocycles. The number of hydrazine groups is 1. The summed E-state index contributed by atoms with van der Waals surface area (Å²) in [5.41, 5.74) is 7.32. The number of nitrogens with one attached hydrogen (secondary N) is 2. The summed E-state index contributed by atoms with van der Waals surface area (Å²) in [5, 5.41) is 8.71. The Labute approximate surface area is 162 Å². The summed E-state index contributed by atoms with van der Waals surface area (Å²) in [6.07, 6.45) is 2.52. The van der Waals surface area contributed by atoms with Gasteiger partial charge in [0.15, 0.2) is 0 Å². The topological polar surface area (TPSA) is 95.5 Å². The summed E-state index contributed by atoms with van der Waals surface area (Å²) in [6.45, 7) is 0. The Morgan fingerprint density at radius 1 is 0.885 bits per heavy atom. The molecule has 7 heteroatoms. The molecule has 0 aliphatic carbocycles. The van der Waals surface area contributed by atoms with Crippen molar-refractivity contribution in [2.75, 3.05) is 0 Å². The minimum Gasteiger partial charge on any atom is -0.478 e. The lowest BCUT2D eigenvalue weighted by atomic mass is 9.92. The number of rotatable bonds is 4. The second kappa shape index (κ2) is 7.52. The average Bonchev–Trinajstić information content (AvgIpc) is 2.95. The van der Waals surface area contributed by atoms with E-state index in [2.05, 4.69) is 33.4 Å². The first-order valence-corrected chi connectivity index (χ1v) is 8.66. The second-order valence-electron chi connectivity index (χ2n) is 5.46. The largest absolute Gasteiger partial charge is 0.478 e. The highest BCUT2D eigenvalue weighted by atomic mass is 127. The van der Waals surface area contributed by atoms with Crippen molar-refractivity contribution < 1.29 is 19.5 Å². The number of carboxylic acids is 1. The normalized spacial score (nSPS) is 13.7.